The minimum absolute atomic E-state index is 0. The van der Waals surface area contributed by atoms with Gasteiger partial charge in [0.25, 0.3) is 0 Å². The van der Waals surface area contributed by atoms with Crippen molar-refractivity contribution in [1.29, 1.82) is 0 Å². The van der Waals surface area contributed by atoms with Gasteiger partial charge in [-0.25, -0.2) is 0 Å². The van der Waals surface area contributed by atoms with Crippen molar-refractivity contribution < 1.29 is 32.7 Å². The van der Waals surface area contributed by atoms with E-state index in [0.29, 0.717) is 5.15 Å². The zero-order valence-electron chi connectivity index (χ0n) is 4.00. The molecular weight excluding hydrogens is 200 g/mol. The van der Waals surface area contributed by atoms with Crippen LogP contribution in [0.25, 0.3) is 0 Å². The van der Waals surface area contributed by atoms with E-state index in [1.165, 1.54) is 6.20 Å². The molecule has 1 aromatic rings. The zero-order chi connectivity index (χ0) is 5.11. The Balaban J connectivity index is 0.000000490. The van der Waals surface area contributed by atoms with Crippen molar-refractivity contribution in [3.63, 3.8) is 0 Å². The van der Waals surface area contributed by atoms with Crippen LogP contribution in [0.4, 0.5) is 0 Å². The van der Waals surface area contributed by atoms with Gasteiger partial charge in [0.1, 0.15) is 0 Å². The number of halogens is 1. The van der Waals surface area contributed by atoms with Gasteiger partial charge in [0.15, 0.2) is 0 Å². The summed E-state index contributed by atoms with van der Waals surface area (Å²) in [7, 11) is 0. The molecule has 4 heteroatoms. The van der Waals surface area contributed by atoms with Gasteiger partial charge < -0.3 is 9.97 Å². The monoisotopic (exact) mass is 202 g/mol. The maximum Gasteiger partial charge on any atom is 0.0227 e. The summed E-state index contributed by atoms with van der Waals surface area (Å²) < 4.78 is 0. The summed E-state index contributed by atoms with van der Waals surface area (Å²) in [5.74, 6) is 0. The molecule has 0 aliphatic rings. The first-order valence-electron chi connectivity index (χ1n) is 1.74. The van der Waals surface area contributed by atoms with Crippen LogP contribution in [0.1, 0.15) is 0 Å². The van der Waals surface area contributed by atoms with Gasteiger partial charge in [-0.15, -0.1) is 17.7 Å². The van der Waals surface area contributed by atoms with Gasteiger partial charge in [-0.1, -0.05) is 6.20 Å². The van der Waals surface area contributed by atoms with Crippen molar-refractivity contribution >= 4 is 11.6 Å². The molecule has 0 spiro atoms. The van der Waals surface area contributed by atoms with Crippen LogP contribution in [0.15, 0.2) is 12.3 Å². The molecule has 0 amide bonds. The molecule has 0 N–H and O–H groups in total. The van der Waals surface area contributed by atoms with E-state index >= 15 is 0 Å². The number of nitrogens with zero attached hydrogens (tertiary/aromatic N) is 2. The second-order valence-electron chi connectivity index (χ2n) is 0.979. The van der Waals surface area contributed by atoms with Crippen LogP contribution in [-0.2, 0) is 32.7 Å². The van der Waals surface area contributed by atoms with Gasteiger partial charge in [-0.2, -0.15) is 0 Å². The van der Waals surface area contributed by atoms with Gasteiger partial charge in [0.2, 0.25) is 0 Å². The molecule has 2 nitrogen and oxygen atoms in total. The van der Waals surface area contributed by atoms with E-state index in [2.05, 4.69) is 16.3 Å². The molecule has 0 saturated carbocycles. The third-order valence-corrected chi connectivity index (χ3v) is 0.712. The van der Waals surface area contributed by atoms with E-state index in [4.69, 9.17) is 11.6 Å². The molecule has 8 heavy (non-hydrogen) atoms. The molecule has 1 radical (unpaired) electrons. The first-order valence-corrected chi connectivity index (χ1v) is 2.12. The van der Waals surface area contributed by atoms with Crippen molar-refractivity contribution in [2.75, 3.05) is 0 Å². The van der Waals surface area contributed by atoms with Crippen LogP contribution >= 0.6 is 11.6 Å². The Morgan fingerprint density at radius 1 is 1.62 bits per heavy atom. The Labute approximate surface area is 77.6 Å². The third kappa shape index (κ3) is 2.70. The van der Waals surface area contributed by atoms with Crippen LogP contribution < -0.4 is 0 Å². The fourth-order valence-corrected chi connectivity index (χ4v) is 0.340. The largest absolute Gasteiger partial charge is 0.374 e. The topological polar surface area (TPSA) is 25.8 Å². The summed E-state index contributed by atoms with van der Waals surface area (Å²) in [6, 6.07) is 1.60. The average Bonchev–Trinajstić information content (AvgIpc) is 1.69. The Morgan fingerprint density at radius 2 is 2.38 bits per heavy atom. The molecule has 1 aromatic heterocycles. The van der Waals surface area contributed by atoms with Gasteiger partial charge in [-0.3, -0.25) is 0 Å². The van der Waals surface area contributed by atoms with Crippen LogP contribution in [0.2, 0.25) is 5.15 Å². The first-order chi connectivity index (χ1) is 3.39. The predicted octanol–water partition coefficient (Wildman–Crippen LogP) is 0.928. The van der Waals surface area contributed by atoms with E-state index in [1.54, 1.807) is 6.07 Å². The number of aromatic nitrogens is 2. The summed E-state index contributed by atoms with van der Waals surface area (Å²) >= 11 is 5.36. The Bertz CT molecular complexity index is 144. The second kappa shape index (κ2) is 4.36. The van der Waals surface area contributed by atoms with Crippen LogP contribution in [0.3, 0.4) is 0 Å². The van der Waals surface area contributed by atoms with Crippen LogP contribution in [0, 0.1) is 6.33 Å². The van der Waals surface area contributed by atoms with Crippen molar-refractivity contribution in [3.8, 4) is 0 Å². The van der Waals surface area contributed by atoms with Gasteiger partial charge in [0, 0.05) is 44.2 Å². The maximum atomic E-state index is 5.36. The van der Waals surface area contributed by atoms with Crippen LogP contribution in [0.5, 0.6) is 0 Å². The van der Waals surface area contributed by atoms with Crippen molar-refractivity contribution in [2.24, 2.45) is 0 Å². The van der Waals surface area contributed by atoms with E-state index < -0.39 is 0 Å². The van der Waals surface area contributed by atoms with Gasteiger partial charge in [-0.05, 0) is 0 Å². The molecule has 0 atom stereocenters. The Morgan fingerprint density at radius 3 is 2.62 bits per heavy atom. The number of hydrogen-bond donors (Lipinski definition) is 0. The fraction of sp³-hybridized carbons (Fsp3) is 0. The van der Waals surface area contributed by atoms with Crippen molar-refractivity contribution in [1.82, 2.24) is 9.97 Å². The van der Waals surface area contributed by atoms with E-state index in [-0.39, 0.29) is 32.7 Å². The molecule has 0 aliphatic heterocycles. The molecule has 0 saturated heterocycles. The summed E-state index contributed by atoms with van der Waals surface area (Å²) in [5.41, 5.74) is 0. The van der Waals surface area contributed by atoms with Gasteiger partial charge >= 0.3 is 0 Å². The molecule has 0 bridgehead atoms. The molecule has 39 valence electrons. The minimum Gasteiger partial charge on any atom is -0.374 e. The standard InChI is InChI=1S/C4H2ClN2.Y/c5-4-1-2-6-3-7-4;/h1-2H;/q-1;. The number of hydrogen-bond acceptors (Lipinski definition) is 2. The molecule has 0 fully saturated rings. The van der Waals surface area contributed by atoms with Gasteiger partial charge in [0.05, 0.1) is 0 Å². The van der Waals surface area contributed by atoms with E-state index in [1.807, 2.05) is 0 Å². The summed E-state index contributed by atoms with van der Waals surface area (Å²) in [6.07, 6.45) is 3.87. The quantitative estimate of drug-likeness (QED) is 0.462. The van der Waals surface area contributed by atoms with Crippen LogP contribution in [-0.4, -0.2) is 9.97 Å². The SMILES string of the molecule is Clc1ccn[c-]n1.[Y]. The van der Waals surface area contributed by atoms with E-state index in [9.17, 15) is 0 Å². The average molecular weight is 202 g/mol. The minimum atomic E-state index is 0. The molecule has 1 rings (SSSR count). The predicted molar refractivity (Wildman–Crippen MR) is 25.9 cm³/mol. The second-order valence-corrected chi connectivity index (χ2v) is 1.37. The summed E-state index contributed by atoms with van der Waals surface area (Å²) in [5, 5.41) is 0.426. The Hall–Kier alpha value is 0.474. The van der Waals surface area contributed by atoms with Crippen molar-refractivity contribution in [2.45, 2.75) is 0 Å². The molecule has 0 aliphatic carbocycles. The summed E-state index contributed by atoms with van der Waals surface area (Å²) in [6.45, 7) is 0. The Kier molecular flexibility index (Phi) is 4.62. The molecular formula is C4H2ClN2Y-. The zero-order valence-corrected chi connectivity index (χ0v) is 7.60. The third-order valence-electron chi connectivity index (χ3n) is 0.501. The number of rotatable bonds is 0. The van der Waals surface area contributed by atoms with Crippen molar-refractivity contribution in [3.05, 3.63) is 23.7 Å². The normalized spacial score (nSPS) is 7.62. The molecule has 0 unspecified atom stereocenters. The fourth-order valence-electron chi connectivity index (χ4n) is 0.246. The maximum absolute atomic E-state index is 5.36. The smallest absolute Gasteiger partial charge is 0.0227 e. The molecule has 1 heterocycles. The first kappa shape index (κ1) is 8.47. The molecule has 0 aromatic carbocycles. The summed E-state index contributed by atoms with van der Waals surface area (Å²) in [4.78, 5) is 7.03. The van der Waals surface area contributed by atoms with E-state index in [0.717, 1.165) is 0 Å².